The van der Waals surface area contributed by atoms with Crippen molar-refractivity contribution >= 4 is 15.9 Å². The summed E-state index contributed by atoms with van der Waals surface area (Å²) in [7, 11) is -2.15. The van der Waals surface area contributed by atoms with Gasteiger partial charge in [0.2, 0.25) is 10.0 Å². The third-order valence-corrected chi connectivity index (χ3v) is 4.89. The summed E-state index contributed by atoms with van der Waals surface area (Å²) in [4.78, 5) is 12.2. The van der Waals surface area contributed by atoms with E-state index in [-0.39, 0.29) is 16.8 Å². The van der Waals surface area contributed by atoms with Crippen molar-refractivity contribution in [3.05, 3.63) is 18.0 Å². The van der Waals surface area contributed by atoms with E-state index in [0.29, 0.717) is 11.6 Å². The number of sulfonamides is 1. The molecule has 0 aromatic carbocycles. The van der Waals surface area contributed by atoms with Crippen molar-refractivity contribution in [3.8, 4) is 0 Å². The summed E-state index contributed by atoms with van der Waals surface area (Å²) < 4.78 is 24.1. The molecule has 1 amide bonds. The molecule has 1 aliphatic carbocycles. The van der Waals surface area contributed by atoms with Gasteiger partial charge in [0.05, 0.1) is 0 Å². The van der Waals surface area contributed by atoms with Crippen molar-refractivity contribution < 1.29 is 13.2 Å². The smallest absolute Gasteiger partial charge is 0.268 e. The molecule has 112 valence electrons. The average Bonchev–Trinajstić information content (AvgIpc) is 2.95. The maximum Gasteiger partial charge on any atom is 0.268 e. The fourth-order valence-corrected chi connectivity index (χ4v) is 3.35. The van der Waals surface area contributed by atoms with Crippen LogP contribution in [-0.2, 0) is 17.1 Å². The minimum atomic E-state index is -3.78. The van der Waals surface area contributed by atoms with Gasteiger partial charge < -0.3 is 9.88 Å². The molecule has 1 aliphatic rings. The molecular weight excluding hydrogens is 278 g/mol. The second-order valence-corrected chi connectivity index (χ2v) is 7.09. The van der Waals surface area contributed by atoms with Gasteiger partial charge in [0, 0.05) is 19.3 Å². The van der Waals surface area contributed by atoms with E-state index in [1.165, 1.54) is 29.7 Å². The van der Waals surface area contributed by atoms with E-state index in [0.717, 1.165) is 12.8 Å². The minimum Gasteiger partial charge on any atom is -0.348 e. The highest BCUT2D eigenvalue weighted by molar-refractivity contribution is 7.89. The van der Waals surface area contributed by atoms with Crippen LogP contribution >= 0.6 is 0 Å². The number of aromatic nitrogens is 1. The molecule has 1 heterocycles. The molecule has 0 saturated heterocycles. The van der Waals surface area contributed by atoms with Gasteiger partial charge in [-0.25, -0.2) is 13.6 Å². The molecular formula is C13H21N3O3S. The van der Waals surface area contributed by atoms with E-state index in [4.69, 9.17) is 5.14 Å². The molecule has 1 aromatic heterocycles. The number of nitrogens with one attached hydrogen (secondary N) is 1. The molecule has 1 atom stereocenters. The van der Waals surface area contributed by atoms with Crippen LogP contribution in [0.5, 0.6) is 0 Å². The van der Waals surface area contributed by atoms with Crippen molar-refractivity contribution in [1.29, 1.82) is 0 Å². The number of carbonyl (C=O) groups is 1. The fraction of sp³-hybridized carbons (Fsp3) is 0.615. The molecule has 0 aliphatic heterocycles. The standard InChI is InChI=1S/C13H21N3O3S/c1-9(10-5-3-4-6-10)15-13(17)12-7-11(8-16(12)2)20(14,18)19/h7-10H,3-6H2,1-2H3,(H,15,17)(H2,14,18,19). The van der Waals surface area contributed by atoms with Gasteiger partial charge in [0.25, 0.3) is 5.91 Å². The minimum absolute atomic E-state index is 0.0429. The Morgan fingerprint density at radius 3 is 2.55 bits per heavy atom. The number of nitrogens with zero attached hydrogens (tertiary/aromatic N) is 1. The van der Waals surface area contributed by atoms with Gasteiger partial charge in [0.1, 0.15) is 10.6 Å². The molecule has 1 saturated carbocycles. The van der Waals surface area contributed by atoms with E-state index in [9.17, 15) is 13.2 Å². The highest BCUT2D eigenvalue weighted by Gasteiger charge is 2.24. The zero-order chi connectivity index (χ0) is 14.9. The van der Waals surface area contributed by atoms with Gasteiger partial charge in [-0.2, -0.15) is 0 Å². The largest absolute Gasteiger partial charge is 0.348 e. The van der Waals surface area contributed by atoms with Gasteiger partial charge in [0.15, 0.2) is 0 Å². The summed E-state index contributed by atoms with van der Waals surface area (Å²) in [6, 6.07) is 1.41. The number of amides is 1. The SMILES string of the molecule is CC(NC(=O)c1cc(S(N)(=O)=O)cn1C)C1CCCC1. The van der Waals surface area contributed by atoms with Crippen LogP contribution in [0.15, 0.2) is 17.2 Å². The first-order chi connectivity index (χ1) is 9.29. The van der Waals surface area contributed by atoms with Crippen molar-refractivity contribution in [3.63, 3.8) is 0 Å². The van der Waals surface area contributed by atoms with E-state index < -0.39 is 10.0 Å². The Balaban J connectivity index is 2.11. The number of nitrogens with two attached hydrogens (primary N) is 1. The number of aryl methyl sites for hydroxylation is 1. The lowest BCUT2D eigenvalue weighted by atomic mass is 10.00. The monoisotopic (exact) mass is 299 g/mol. The van der Waals surface area contributed by atoms with Crippen LogP contribution in [0.4, 0.5) is 0 Å². The highest BCUT2D eigenvalue weighted by Crippen LogP contribution is 2.27. The predicted octanol–water partition coefficient (Wildman–Crippen LogP) is 0.981. The third-order valence-electron chi connectivity index (χ3n) is 4.01. The Kier molecular flexibility index (Phi) is 4.19. The Morgan fingerprint density at radius 2 is 2.05 bits per heavy atom. The van der Waals surface area contributed by atoms with Crippen molar-refractivity contribution in [2.24, 2.45) is 18.1 Å². The first-order valence-corrected chi connectivity index (χ1v) is 8.33. The molecule has 20 heavy (non-hydrogen) atoms. The van der Waals surface area contributed by atoms with Crippen molar-refractivity contribution in [2.75, 3.05) is 0 Å². The molecule has 1 aromatic rings. The number of hydrogen-bond acceptors (Lipinski definition) is 3. The Bertz CT molecular complexity index is 600. The second-order valence-electron chi connectivity index (χ2n) is 5.52. The Hall–Kier alpha value is -1.34. The molecule has 0 spiro atoms. The summed E-state index contributed by atoms with van der Waals surface area (Å²) in [5.41, 5.74) is 0.305. The summed E-state index contributed by atoms with van der Waals surface area (Å²) in [5.74, 6) is 0.249. The van der Waals surface area contributed by atoms with Gasteiger partial charge in [-0.05, 0) is 31.7 Å². The fourth-order valence-electron chi connectivity index (χ4n) is 2.77. The lowest BCUT2D eigenvalue weighted by Gasteiger charge is -2.20. The maximum absolute atomic E-state index is 12.2. The van der Waals surface area contributed by atoms with Crippen molar-refractivity contribution in [1.82, 2.24) is 9.88 Å². The first kappa shape index (κ1) is 15.1. The number of carbonyl (C=O) groups excluding carboxylic acids is 1. The number of rotatable bonds is 4. The number of hydrogen-bond donors (Lipinski definition) is 2. The third kappa shape index (κ3) is 3.21. The topological polar surface area (TPSA) is 94.2 Å². The average molecular weight is 299 g/mol. The van der Waals surface area contributed by atoms with Gasteiger partial charge in [-0.1, -0.05) is 12.8 Å². The summed E-state index contributed by atoms with van der Waals surface area (Å²) in [6.07, 6.45) is 6.05. The lowest BCUT2D eigenvalue weighted by molar-refractivity contribution is 0.0919. The Labute approximate surface area is 119 Å². The molecule has 1 unspecified atom stereocenters. The van der Waals surface area contributed by atoms with Gasteiger partial charge in [-0.15, -0.1) is 0 Å². The van der Waals surface area contributed by atoms with Crippen LogP contribution in [0.25, 0.3) is 0 Å². The zero-order valence-corrected chi connectivity index (χ0v) is 12.6. The van der Waals surface area contributed by atoms with E-state index in [1.807, 2.05) is 6.92 Å². The van der Waals surface area contributed by atoms with E-state index >= 15 is 0 Å². The molecule has 1 fully saturated rings. The van der Waals surface area contributed by atoms with Crippen LogP contribution in [-0.4, -0.2) is 24.9 Å². The zero-order valence-electron chi connectivity index (χ0n) is 11.8. The summed E-state index contributed by atoms with van der Waals surface area (Å²) >= 11 is 0. The van der Waals surface area contributed by atoms with Gasteiger partial charge in [-0.3, -0.25) is 4.79 Å². The lowest BCUT2D eigenvalue weighted by Crippen LogP contribution is -2.37. The molecule has 0 bridgehead atoms. The quantitative estimate of drug-likeness (QED) is 0.867. The van der Waals surface area contributed by atoms with Crippen LogP contribution in [0.2, 0.25) is 0 Å². The number of primary sulfonamides is 1. The van der Waals surface area contributed by atoms with Crippen LogP contribution in [0.1, 0.15) is 43.1 Å². The normalized spacial score (nSPS) is 18.1. The Morgan fingerprint density at radius 1 is 1.45 bits per heavy atom. The van der Waals surface area contributed by atoms with Crippen LogP contribution in [0, 0.1) is 5.92 Å². The van der Waals surface area contributed by atoms with Crippen molar-refractivity contribution in [2.45, 2.75) is 43.5 Å². The highest BCUT2D eigenvalue weighted by atomic mass is 32.2. The second kappa shape index (κ2) is 5.57. The molecule has 7 heteroatoms. The first-order valence-electron chi connectivity index (χ1n) is 6.79. The van der Waals surface area contributed by atoms with Crippen LogP contribution in [0.3, 0.4) is 0 Å². The maximum atomic E-state index is 12.2. The molecule has 6 nitrogen and oxygen atoms in total. The summed E-state index contributed by atoms with van der Waals surface area (Å²) in [5, 5.41) is 8.02. The predicted molar refractivity (Wildman–Crippen MR) is 75.7 cm³/mol. The van der Waals surface area contributed by atoms with Gasteiger partial charge >= 0.3 is 0 Å². The van der Waals surface area contributed by atoms with E-state index in [1.54, 1.807) is 7.05 Å². The summed E-state index contributed by atoms with van der Waals surface area (Å²) in [6.45, 7) is 2.00. The molecule has 2 rings (SSSR count). The molecule has 3 N–H and O–H groups in total. The van der Waals surface area contributed by atoms with E-state index in [2.05, 4.69) is 5.32 Å². The van der Waals surface area contributed by atoms with Crippen LogP contribution < -0.4 is 10.5 Å². The molecule has 0 radical (unpaired) electrons.